The molecular formula is C28H32O5. The number of aliphatic carboxylic acids is 1. The third-order valence-electron chi connectivity index (χ3n) is 5.34. The van der Waals surface area contributed by atoms with Gasteiger partial charge in [0.05, 0.1) is 6.42 Å². The summed E-state index contributed by atoms with van der Waals surface area (Å²) < 4.78 is 12.0. The van der Waals surface area contributed by atoms with Gasteiger partial charge < -0.3 is 14.6 Å². The van der Waals surface area contributed by atoms with Crippen LogP contribution in [0.25, 0.3) is 0 Å². The molecule has 1 N–H and O–H groups in total. The molecule has 174 valence electrons. The molecule has 33 heavy (non-hydrogen) atoms. The van der Waals surface area contributed by atoms with Crippen molar-refractivity contribution in [3.05, 3.63) is 64.2 Å². The highest BCUT2D eigenvalue weighted by Gasteiger charge is 2.41. The predicted octanol–water partition coefficient (Wildman–Crippen LogP) is 5.51. The summed E-state index contributed by atoms with van der Waals surface area (Å²) in [6, 6.07) is 10.8. The molecular weight excluding hydrogens is 416 g/mol. The van der Waals surface area contributed by atoms with Crippen molar-refractivity contribution in [3.63, 3.8) is 0 Å². The number of hydrogen-bond acceptors (Lipinski definition) is 4. The molecule has 2 aromatic carbocycles. The Morgan fingerprint density at radius 1 is 1.03 bits per heavy atom. The second-order valence-corrected chi connectivity index (χ2v) is 10.8. The van der Waals surface area contributed by atoms with E-state index in [0.717, 1.165) is 23.1 Å². The molecule has 0 saturated carbocycles. The Bertz CT molecular complexity index is 1140. The van der Waals surface area contributed by atoms with Crippen molar-refractivity contribution >= 4 is 11.9 Å². The summed E-state index contributed by atoms with van der Waals surface area (Å²) in [7, 11) is 0. The molecule has 0 aromatic heterocycles. The Balaban J connectivity index is 2.06. The zero-order valence-electron chi connectivity index (χ0n) is 20.5. The smallest absolute Gasteiger partial charge is 0.342 e. The number of rotatable bonds is 3. The maximum atomic E-state index is 13.1. The molecule has 5 heteroatoms. The fourth-order valence-electron chi connectivity index (χ4n) is 4.30. The molecule has 1 heterocycles. The van der Waals surface area contributed by atoms with Crippen LogP contribution in [0.5, 0.6) is 5.75 Å². The van der Waals surface area contributed by atoms with Crippen LogP contribution in [0.3, 0.4) is 0 Å². The van der Waals surface area contributed by atoms with Crippen molar-refractivity contribution in [2.45, 2.75) is 77.9 Å². The van der Waals surface area contributed by atoms with E-state index in [9.17, 15) is 9.59 Å². The van der Waals surface area contributed by atoms with Gasteiger partial charge in [0.1, 0.15) is 22.5 Å². The monoisotopic (exact) mass is 448 g/mol. The number of fused-ring (bicyclic) bond motifs is 1. The molecule has 0 fully saturated rings. The van der Waals surface area contributed by atoms with Crippen LogP contribution in [0, 0.1) is 11.8 Å². The molecule has 0 radical (unpaired) electrons. The number of carbonyl (C=O) groups is 2. The quantitative estimate of drug-likeness (QED) is 0.495. The predicted molar refractivity (Wildman–Crippen MR) is 128 cm³/mol. The minimum atomic E-state index is -0.870. The van der Waals surface area contributed by atoms with Gasteiger partial charge in [0.25, 0.3) is 0 Å². The summed E-state index contributed by atoms with van der Waals surface area (Å²) in [5.41, 5.74) is 2.22. The van der Waals surface area contributed by atoms with E-state index in [4.69, 9.17) is 14.6 Å². The van der Waals surface area contributed by atoms with Gasteiger partial charge in [0, 0.05) is 16.7 Å². The van der Waals surface area contributed by atoms with Gasteiger partial charge in [-0.15, -0.1) is 0 Å². The number of hydrogen-bond donors (Lipinski definition) is 1. The molecule has 1 aliphatic rings. The lowest BCUT2D eigenvalue weighted by molar-refractivity contribution is -0.136. The van der Waals surface area contributed by atoms with Gasteiger partial charge in [-0.2, -0.15) is 0 Å². The molecule has 0 aliphatic carbocycles. The van der Waals surface area contributed by atoms with Gasteiger partial charge >= 0.3 is 11.9 Å². The molecule has 0 amide bonds. The highest BCUT2D eigenvalue weighted by Crippen LogP contribution is 2.47. The van der Waals surface area contributed by atoms with Crippen LogP contribution < -0.4 is 4.74 Å². The first-order valence-corrected chi connectivity index (χ1v) is 11.1. The molecule has 5 nitrogen and oxygen atoms in total. The molecule has 0 bridgehead atoms. The summed E-state index contributed by atoms with van der Waals surface area (Å²) in [5, 5.41) is 8.93. The van der Waals surface area contributed by atoms with Gasteiger partial charge in [-0.3, -0.25) is 4.79 Å². The van der Waals surface area contributed by atoms with Crippen molar-refractivity contribution in [1.29, 1.82) is 0 Å². The molecule has 0 spiro atoms. The lowest BCUT2D eigenvalue weighted by atomic mass is 9.72. The second kappa shape index (κ2) is 8.59. The molecule has 0 atom stereocenters. The SMILES string of the molecule is CC(C)(C)OC(=O)c1cc(C#Cc2ccc(CC(=O)O)cc2)cc2c1OC(C)(C)CC2(C)C. The van der Waals surface area contributed by atoms with E-state index in [0.29, 0.717) is 16.9 Å². The van der Waals surface area contributed by atoms with Gasteiger partial charge in [-0.05, 0) is 76.3 Å². The number of ether oxygens (including phenoxy) is 2. The van der Waals surface area contributed by atoms with Crippen LogP contribution in [-0.2, 0) is 21.4 Å². The van der Waals surface area contributed by atoms with Crippen LogP contribution in [-0.4, -0.2) is 28.2 Å². The van der Waals surface area contributed by atoms with E-state index in [-0.39, 0.29) is 11.8 Å². The van der Waals surface area contributed by atoms with Crippen LogP contribution in [0.15, 0.2) is 36.4 Å². The summed E-state index contributed by atoms with van der Waals surface area (Å²) in [6.45, 7) is 13.9. The van der Waals surface area contributed by atoms with Crippen molar-refractivity contribution in [3.8, 4) is 17.6 Å². The highest BCUT2D eigenvalue weighted by molar-refractivity contribution is 5.94. The minimum Gasteiger partial charge on any atom is -0.487 e. The van der Waals surface area contributed by atoms with Crippen molar-refractivity contribution in [1.82, 2.24) is 0 Å². The molecule has 0 saturated heterocycles. The highest BCUT2D eigenvalue weighted by atomic mass is 16.6. The van der Waals surface area contributed by atoms with Gasteiger partial charge in [0.15, 0.2) is 0 Å². The first kappa shape index (κ1) is 24.4. The largest absolute Gasteiger partial charge is 0.487 e. The summed E-state index contributed by atoms with van der Waals surface area (Å²) in [6.07, 6.45) is 0.770. The van der Waals surface area contributed by atoms with E-state index >= 15 is 0 Å². The maximum Gasteiger partial charge on any atom is 0.342 e. The second-order valence-electron chi connectivity index (χ2n) is 10.8. The molecule has 1 aliphatic heterocycles. The Morgan fingerprint density at radius 2 is 1.64 bits per heavy atom. The Kier molecular flexibility index (Phi) is 6.35. The number of carbonyl (C=O) groups excluding carboxylic acids is 1. The standard InChI is InChI=1S/C28H32O5/c1-26(2,3)33-25(31)21-14-20(13-10-18-8-11-19(12-9-18)16-23(29)30)15-22-24(21)32-28(6,7)17-27(22,4)5/h8-9,11-12,14-15H,16-17H2,1-7H3,(H,29,30). The van der Waals surface area contributed by atoms with E-state index in [1.165, 1.54) is 0 Å². The topological polar surface area (TPSA) is 72.8 Å². The number of carboxylic acids is 1. The van der Waals surface area contributed by atoms with Crippen LogP contribution in [0.4, 0.5) is 0 Å². The zero-order valence-corrected chi connectivity index (χ0v) is 20.5. The average Bonchev–Trinajstić information content (AvgIpc) is 2.64. The van der Waals surface area contributed by atoms with Gasteiger partial charge in [0.2, 0.25) is 0 Å². The number of carboxylic acid groups (broad SMARTS) is 1. The Morgan fingerprint density at radius 3 is 2.21 bits per heavy atom. The number of esters is 1. The van der Waals surface area contributed by atoms with Crippen LogP contribution in [0.2, 0.25) is 0 Å². The summed E-state index contributed by atoms with van der Waals surface area (Å²) >= 11 is 0. The normalized spacial score (nSPS) is 16.0. The Hall–Kier alpha value is -3.26. The van der Waals surface area contributed by atoms with Crippen molar-refractivity contribution < 1.29 is 24.2 Å². The minimum absolute atomic E-state index is 0.0246. The fraction of sp³-hybridized carbons (Fsp3) is 0.429. The molecule has 2 aromatic rings. The summed E-state index contributed by atoms with van der Waals surface area (Å²) in [4.78, 5) is 24.0. The van der Waals surface area contributed by atoms with Crippen molar-refractivity contribution in [2.75, 3.05) is 0 Å². The molecule has 3 rings (SSSR count). The molecule has 0 unspecified atom stereocenters. The summed E-state index contributed by atoms with van der Waals surface area (Å²) in [5.74, 6) is 5.53. The third-order valence-corrected chi connectivity index (χ3v) is 5.34. The van der Waals surface area contributed by atoms with Crippen LogP contribution >= 0.6 is 0 Å². The van der Waals surface area contributed by atoms with E-state index < -0.39 is 23.1 Å². The maximum absolute atomic E-state index is 13.1. The zero-order chi connectivity index (χ0) is 24.6. The van der Waals surface area contributed by atoms with Gasteiger partial charge in [-0.25, -0.2) is 4.79 Å². The van der Waals surface area contributed by atoms with E-state index in [1.54, 1.807) is 30.3 Å². The average molecular weight is 449 g/mol. The van der Waals surface area contributed by atoms with Crippen molar-refractivity contribution in [2.24, 2.45) is 0 Å². The third kappa shape index (κ3) is 6.16. The lowest BCUT2D eigenvalue weighted by Crippen LogP contribution is -2.42. The number of benzene rings is 2. The van der Waals surface area contributed by atoms with E-state index in [1.807, 2.05) is 40.7 Å². The fourth-order valence-corrected chi connectivity index (χ4v) is 4.30. The first-order valence-electron chi connectivity index (χ1n) is 11.1. The van der Waals surface area contributed by atoms with Gasteiger partial charge in [-0.1, -0.05) is 37.8 Å². The van der Waals surface area contributed by atoms with Crippen LogP contribution in [0.1, 0.15) is 87.5 Å². The Labute approximate surface area is 196 Å². The van der Waals surface area contributed by atoms with E-state index in [2.05, 4.69) is 25.7 Å². The lowest BCUT2D eigenvalue weighted by Gasteiger charge is -2.43. The first-order chi connectivity index (χ1) is 15.2.